The molecule has 0 heterocycles. The molecule has 0 bridgehead atoms. The van der Waals surface area contributed by atoms with Gasteiger partial charge in [-0.05, 0) is 0 Å². The van der Waals surface area contributed by atoms with Crippen LogP contribution < -0.4 is 0 Å². The van der Waals surface area contributed by atoms with Crippen molar-refractivity contribution in [1.29, 1.82) is 0 Å². The molecule has 0 fully saturated rings. The number of nitrogens with zero attached hydrogens (tertiary/aromatic N) is 1. The van der Waals surface area contributed by atoms with Gasteiger partial charge in [-0.15, -0.1) is 10.1 Å². The number of hydrogen-bond acceptors (Lipinski definition) is 2. The van der Waals surface area contributed by atoms with Crippen LogP contribution in [0.25, 0.3) is 0 Å². The zero-order chi connectivity index (χ0) is 3.58. The molecule has 0 amide bonds. The topological polar surface area (TPSA) is 94.9 Å². The molecule has 0 aromatic rings. The average molecular weight is 140 g/mol. The maximum absolute atomic E-state index is 8.36. The Hall–Kier alpha value is -0.346. The Bertz CT molecular complexity index is 30.5. The summed E-state index contributed by atoms with van der Waals surface area (Å²) in [7, 11) is 0. The van der Waals surface area contributed by atoms with E-state index in [0.717, 1.165) is 0 Å². The van der Waals surface area contributed by atoms with Crippen LogP contribution >= 0.6 is 0 Å². The van der Waals surface area contributed by atoms with E-state index in [1.807, 2.05) is 0 Å². The van der Waals surface area contributed by atoms with Gasteiger partial charge >= 0.3 is 0 Å². The molecular formula is H3NNiO4. The molecule has 0 aromatic heterocycles. The Morgan fingerprint density at radius 2 is 1.67 bits per heavy atom. The second-order valence-electron chi connectivity index (χ2n) is 0.238. The Morgan fingerprint density at radius 1 is 1.67 bits per heavy atom. The molecule has 0 aromatic carbocycles. The molecule has 6 heteroatoms. The Morgan fingerprint density at radius 3 is 1.67 bits per heavy atom. The summed E-state index contributed by atoms with van der Waals surface area (Å²) in [6.45, 7) is 0. The summed E-state index contributed by atoms with van der Waals surface area (Å²) in [4.78, 5) is 8.36. The summed E-state index contributed by atoms with van der Waals surface area (Å²) < 4.78 is 0. The van der Waals surface area contributed by atoms with Crippen molar-refractivity contribution in [2.24, 2.45) is 0 Å². The molecule has 0 spiro atoms. The van der Waals surface area contributed by atoms with Crippen LogP contribution in [0, 0.1) is 10.1 Å². The van der Waals surface area contributed by atoms with Crippen LogP contribution in [0.15, 0.2) is 0 Å². The van der Waals surface area contributed by atoms with E-state index in [2.05, 4.69) is 0 Å². The Balaban J connectivity index is -0.0000000450. The maximum Gasteiger partial charge on any atom is 0.291 e. The third kappa shape index (κ3) is 214. The third-order valence-corrected chi connectivity index (χ3v) is 0. The quantitative estimate of drug-likeness (QED) is 0.260. The van der Waals surface area contributed by atoms with Gasteiger partial charge in [0.2, 0.25) is 0 Å². The van der Waals surface area contributed by atoms with Crippen molar-refractivity contribution in [3.05, 3.63) is 10.1 Å². The van der Waals surface area contributed by atoms with E-state index in [4.69, 9.17) is 15.3 Å². The zero-order valence-corrected chi connectivity index (χ0v) is 3.51. The Labute approximate surface area is 43.3 Å². The summed E-state index contributed by atoms with van der Waals surface area (Å²) in [5.41, 5.74) is 0. The molecule has 0 radical (unpaired) electrons. The zero-order valence-electron chi connectivity index (χ0n) is 2.53. The number of hydrogen-bond donors (Lipinski definition) is 1. The first-order chi connectivity index (χ1) is 1.73. The third-order valence-electron chi connectivity index (χ3n) is 0. The molecule has 0 aliphatic carbocycles. The summed E-state index contributed by atoms with van der Waals surface area (Å²) in [5.74, 6) is 0. The maximum atomic E-state index is 8.36. The van der Waals surface area contributed by atoms with Gasteiger partial charge in [-0.2, -0.15) is 0 Å². The van der Waals surface area contributed by atoms with Gasteiger partial charge in [0.25, 0.3) is 5.09 Å². The second-order valence-corrected chi connectivity index (χ2v) is 0.238. The second kappa shape index (κ2) is 8.82. The molecule has 0 aliphatic rings. The van der Waals surface area contributed by atoms with Gasteiger partial charge in [0, 0.05) is 16.5 Å². The van der Waals surface area contributed by atoms with Gasteiger partial charge in [-0.3, -0.25) is 0 Å². The predicted molar refractivity (Wildman–Crippen MR) is 12.4 cm³/mol. The summed E-state index contributed by atoms with van der Waals surface area (Å²) in [6.07, 6.45) is 0. The van der Waals surface area contributed by atoms with Gasteiger partial charge in [0.15, 0.2) is 0 Å². The van der Waals surface area contributed by atoms with E-state index in [1.165, 1.54) is 0 Å². The fourth-order valence-corrected chi connectivity index (χ4v) is 0. The van der Waals surface area contributed by atoms with Crippen LogP contribution in [0.3, 0.4) is 0 Å². The van der Waals surface area contributed by atoms with Crippen LogP contribution in [-0.4, -0.2) is 15.8 Å². The molecule has 0 atom stereocenters. The fourth-order valence-electron chi connectivity index (χ4n) is 0. The van der Waals surface area contributed by atoms with Crippen LogP contribution in [0.5, 0.6) is 0 Å². The van der Waals surface area contributed by atoms with Gasteiger partial charge in [0.1, 0.15) is 0 Å². The van der Waals surface area contributed by atoms with Gasteiger partial charge in [-0.25, -0.2) is 0 Å². The molecule has 0 saturated carbocycles. The van der Waals surface area contributed by atoms with Crippen molar-refractivity contribution in [3.8, 4) is 0 Å². The first-order valence-electron chi connectivity index (χ1n) is 0.565. The van der Waals surface area contributed by atoms with E-state index in [9.17, 15) is 0 Å². The largest absolute Gasteiger partial charge is 0.412 e. The molecule has 42 valence electrons. The standard InChI is InChI=1S/HNO3.Ni.H2O/c2-1(3)4;;/h(H,2,3,4);;1H2. The Kier molecular flexibility index (Phi) is 25.6. The first-order valence-corrected chi connectivity index (χ1v) is 0.565. The van der Waals surface area contributed by atoms with Crippen molar-refractivity contribution >= 4 is 0 Å². The monoisotopic (exact) mass is 139 g/mol. The summed E-state index contributed by atoms with van der Waals surface area (Å²) >= 11 is 0. The molecule has 0 saturated heterocycles. The fraction of sp³-hybridized carbons (Fsp3) is 0. The molecule has 3 N–H and O–H groups in total. The molecule has 5 nitrogen and oxygen atoms in total. The van der Waals surface area contributed by atoms with E-state index in [-0.39, 0.29) is 22.0 Å². The van der Waals surface area contributed by atoms with Crippen molar-refractivity contribution in [2.45, 2.75) is 0 Å². The summed E-state index contributed by atoms with van der Waals surface area (Å²) in [6, 6.07) is 0. The van der Waals surface area contributed by atoms with E-state index < -0.39 is 5.09 Å². The van der Waals surface area contributed by atoms with Crippen LogP contribution in [0.2, 0.25) is 0 Å². The normalized spacial score (nSPS) is 4.00. The van der Waals surface area contributed by atoms with Crippen molar-refractivity contribution in [3.63, 3.8) is 0 Å². The minimum absolute atomic E-state index is 0. The van der Waals surface area contributed by atoms with Crippen LogP contribution in [-0.2, 0) is 16.5 Å². The van der Waals surface area contributed by atoms with Gasteiger partial charge in [0.05, 0.1) is 0 Å². The van der Waals surface area contributed by atoms with Crippen LogP contribution in [0.4, 0.5) is 0 Å². The number of rotatable bonds is 0. The molecular weight excluding hydrogens is 137 g/mol. The SMILES string of the molecule is O.O=[N+]([O-])O.[Ni]. The van der Waals surface area contributed by atoms with E-state index in [1.54, 1.807) is 0 Å². The van der Waals surface area contributed by atoms with Gasteiger partial charge < -0.3 is 10.7 Å². The molecule has 0 rings (SSSR count). The van der Waals surface area contributed by atoms with E-state index >= 15 is 0 Å². The van der Waals surface area contributed by atoms with Crippen molar-refractivity contribution < 1.29 is 32.3 Å². The van der Waals surface area contributed by atoms with Gasteiger partial charge in [-0.1, -0.05) is 0 Å². The molecule has 6 heavy (non-hydrogen) atoms. The van der Waals surface area contributed by atoms with Crippen molar-refractivity contribution in [2.75, 3.05) is 0 Å². The van der Waals surface area contributed by atoms with Crippen LogP contribution in [0.1, 0.15) is 0 Å². The first kappa shape index (κ1) is 17.4. The minimum Gasteiger partial charge on any atom is -0.412 e. The van der Waals surface area contributed by atoms with Crippen molar-refractivity contribution in [1.82, 2.24) is 0 Å². The minimum atomic E-state index is -1.50. The smallest absolute Gasteiger partial charge is 0.291 e. The van der Waals surface area contributed by atoms with E-state index in [0.29, 0.717) is 0 Å². The predicted octanol–water partition coefficient (Wildman–Crippen LogP) is -1.17. The molecule has 0 unspecified atom stereocenters. The summed E-state index contributed by atoms with van der Waals surface area (Å²) in [5, 5.41) is 13.6. The molecule has 0 aliphatic heterocycles. The average Bonchev–Trinajstić information content (AvgIpc) is 0.811.